The van der Waals surface area contributed by atoms with Crippen LogP contribution in [0.15, 0.2) is 24.3 Å². The number of carbonyl (C=O) groups is 3. The number of carbonyl (C=O) groups excluding carboxylic acids is 3. The summed E-state index contributed by atoms with van der Waals surface area (Å²) in [6.45, 7) is 4.82. The predicted octanol–water partition coefficient (Wildman–Crippen LogP) is 17.0. The molecule has 0 heterocycles. The maximum Gasteiger partial charge on any atom is 0.472 e. The fraction of sp³-hybridized carbons (Fsp3) is 0.879. The van der Waals surface area contributed by atoms with E-state index in [1.54, 1.807) is 0 Å². The lowest BCUT2D eigenvalue weighted by Gasteiger charge is -2.20. The monoisotopic (exact) mass is 1010 g/mol. The summed E-state index contributed by atoms with van der Waals surface area (Å²) in [6.07, 6.45) is 52.8. The van der Waals surface area contributed by atoms with Gasteiger partial charge in [0.05, 0.1) is 13.2 Å². The van der Waals surface area contributed by atoms with E-state index in [9.17, 15) is 28.9 Å². The van der Waals surface area contributed by atoms with Crippen LogP contribution in [0.4, 0.5) is 0 Å². The first-order valence-corrected chi connectivity index (χ1v) is 30.7. The number of hydrogen-bond donors (Lipinski definition) is 2. The minimum atomic E-state index is -4.72. The van der Waals surface area contributed by atoms with E-state index in [2.05, 4.69) is 45.1 Å². The van der Waals surface area contributed by atoms with Crippen LogP contribution in [0.5, 0.6) is 0 Å². The summed E-state index contributed by atoms with van der Waals surface area (Å²) in [6, 6.07) is 0. The van der Waals surface area contributed by atoms with Crippen molar-refractivity contribution in [1.29, 1.82) is 0 Å². The van der Waals surface area contributed by atoms with Crippen molar-refractivity contribution in [3.05, 3.63) is 24.3 Å². The van der Waals surface area contributed by atoms with Crippen LogP contribution in [0.3, 0.4) is 0 Å². The van der Waals surface area contributed by atoms with E-state index in [-0.39, 0.29) is 32.5 Å². The molecule has 1 unspecified atom stereocenters. The second kappa shape index (κ2) is 53.3. The van der Waals surface area contributed by atoms with Crippen molar-refractivity contribution >= 4 is 25.7 Å². The van der Waals surface area contributed by atoms with Gasteiger partial charge in [0, 0.05) is 19.3 Å². The van der Waals surface area contributed by atoms with Crippen molar-refractivity contribution in [3.63, 3.8) is 0 Å². The first-order valence-electron chi connectivity index (χ1n) is 29.2. The van der Waals surface area contributed by atoms with E-state index in [1.165, 1.54) is 135 Å². The Morgan fingerprint density at radius 3 is 1.04 bits per heavy atom. The van der Waals surface area contributed by atoms with Crippen LogP contribution in [0.25, 0.3) is 0 Å². The molecule has 11 nitrogen and oxygen atoms in total. The molecule has 0 aromatic heterocycles. The Bertz CT molecular complexity index is 1270. The Morgan fingerprint density at radius 2 is 0.671 bits per heavy atom. The van der Waals surface area contributed by atoms with Crippen LogP contribution in [-0.2, 0) is 42.2 Å². The number of phosphoric acid groups is 1. The van der Waals surface area contributed by atoms with Crippen molar-refractivity contribution in [2.45, 2.75) is 303 Å². The average Bonchev–Trinajstić information content (AvgIpc) is 3.34. The molecule has 3 atom stereocenters. The van der Waals surface area contributed by atoms with Crippen LogP contribution in [0.2, 0.25) is 0 Å². The van der Waals surface area contributed by atoms with Crippen LogP contribution in [0.1, 0.15) is 290 Å². The summed E-state index contributed by atoms with van der Waals surface area (Å²) < 4.78 is 39.0. The molecule has 0 fully saturated rings. The van der Waals surface area contributed by atoms with Gasteiger partial charge in [-0.15, -0.1) is 0 Å². The highest BCUT2D eigenvalue weighted by Crippen LogP contribution is 2.43. The molecule has 0 aromatic carbocycles. The molecule has 0 radical (unpaired) electrons. The minimum absolute atomic E-state index is 0.162. The van der Waals surface area contributed by atoms with Crippen LogP contribution >= 0.6 is 7.82 Å². The molecule has 0 aromatic rings. The SMILES string of the molecule is CCCCCC/C=C\CCCCCCCC(=O)OC[C@H](COP(=O)(O)OC[C@@H](O)COC(=O)CCCCCCCCCCCCCCC)OC(=O)CCCCCCC/C=C\CCCCCCCCCC. The van der Waals surface area contributed by atoms with E-state index >= 15 is 0 Å². The van der Waals surface area contributed by atoms with Gasteiger partial charge in [-0.3, -0.25) is 23.4 Å². The largest absolute Gasteiger partial charge is 0.472 e. The molecule has 0 spiro atoms. The van der Waals surface area contributed by atoms with Crippen LogP contribution < -0.4 is 0 Å². The van der Waals surface area contributed by atoms with E-state index in [1.807, 2.05) is 0 Å². The fourth-order valence-electron chi connectivity index (χ4n) is 8.29. The van der Waals surface area contributed by atoms with Crippen LogP contribution in [-0.4, -0.2) is 66.5 Å². The van der Waals surface area contributed by atoms with Gasteiger partial charge in [-0.2, -0.15) is 0 Å². The number of ether oxygens (including phenoxy) is 3. The predicted molar refractivity (Wildman–Crippen MR) is 289 cm³/mol. The molecule has 0 aliphatic rings. The van der Waals surface area contributed by atoms with Gasteiger partial charge in [-0.1, -0.05) is 225 Å². The number of rotatable bonds is 55. The Hall–Kier alpha value is -2.04. The molecule has 0 amide bonds. The number of unbranched alkanes of at least 4 members (excludes halogenated alkanes) is 34. The summed E-state index contributed by atoms with van der Waals surface area (Å²) >= 11 is 0. The summed E-state index contributed by atoms with van der Waals surface area (Å²) in [7, 11) is -4.72. The third kappa shape index (κ3) is 52.3. The molecule has 12 heteroatoms. The summed E-state index contributed by atoms with van der Waals surface area (Å²) in [5, 5.41) is 10.3. The van der Waals surface area contributed by atoms with Gasteiger partial charge < -0.3 is 24.2 Å². The Morgan fingerprint density at radius 1 is 0.386 bits per heavy atom. The maximum atomic E-state index is 12.9. The van der Waals surface area contributed by atoms with Gasteiger partial charge in [0.15, 0.2) is 6.10 Å². The quantitative estimate of drug-likeness (QED) is 0.0197. The Labute approximate surface area is 429 Å². The zero-order valence-electron chi connectivity index (χ0n) is 45.5. The fourth-order valence-corrected chi connectivity index (χ4v) is 9.08. The topological polar surface area (TPSA) is 155 Å². The highest BCUT2D eigenvalue weighted by atomic mass is 31.2. The van der Waals surface area contributed by atoms with Gasteiger partial charge in [0.2, 0.25) is 0 Å². The molecular weight excluding hydrogens is 904 g/mol. The maximum absolute atomic E-state index is 12.9. The lowest BCUT2D eigenvalue weighted by molar-refractivity contribution is -0.161. The lowest BCUT2D eigenvalue weighted by atomic mass is 10.0. The standard InChI is InChI=1S/C58H109O11P/c1-4-7-10-13-16-19-22-25-26-27-28-31-34-37-40-43-46-49-58(62)69-55(52-66-57(61)48-45-42-39-36-33-30-24-21-18-15-12-9-6-3)53-68-70(63,64)67-51-54(59)50-65-56(60)47-44-41-38-35-32-29-23-20-17-14-11-8-5-2/h21,24,27-28,54-55,59H,4-20,22-23,25-26,29-53H2,1-3H3,(H,63,64)/b24-21-,28-27-/t54-,55+/m0/s1. The summed E-state index contributed by atoms with van der Waals surface area (Å²) in [4.78, 5) is 48.1. The molecule has 0 saturated heterocycles. The normalized spacial score (nSPS) is 13.5. The van der Waals surface area contributed by atoms with Gasteiger partial charge >= 0.3 is 25.7 Å². The van der Waals surface area contributed by atoms with Gasteiger partial charge in [-0.05, 0) is 70.6 Å². The second-order valence-electron chi connectivity index (χ2n) is 19.9. The molecule has 412 valence electrons. The third-order valence-electron chi connectivity index (χ3n) is 12.8. The average molecular weight is 1010 g/mol. The molecule has 0 aliphatic heterocycles. The van der Waals surface area contributed by atoms with Crippen molar-refractivity contribution in [2.75, 3.05) is 26.4 Å². The summed E-state index contributed by atoms with van der Waals surface area (Å²) in [5.74, 6) is -1.39. The number of allylic oxidation sites excluding steroid dienone is 4. The first-order chi connectivity index (χ1) is 34.1. The molecule has 0 saturated carbocycles. The van der Waals surface area contributed by atoms with E-state index in [0.29, 0.717) is 19.3 Å². The smallest absolute Gasteiger partial charge is 0.463 e. The highest BCUT2D eigenvalue weighted by Gasteiger charge is 2.27. The number of aliphatic hydroxyl groups is 1. The molecule has 0 aliphatic carbocycles. The zero-order valence-corrected chi connectivity index (χ0v) is 46.4. The lowest BCUT2D eigenvalue weighted by Crippen LogP contribution is -2.30. The first kappa shape index (κ1) is 68.0. The molecule has 2 N–H and O–H groups in total. The van der Waals surface area contributed by atoms with E-state index < -0.39 is 51.2 Å². The van der Waals surface area contributed by atoms with E-state index in [4.69, 9.17) is 23.3 Å². The van der Waals surface area contributed by atoms with Crippen LogP contribution in [0, 0.1) is 0 Å². The molecule has 70 heavy (non-hydrogen) atoms. The van der Waals surface area contributed by atoms with Crippen molar-refractivity contribution in [3.8, 4) is 0 Å². The Balaban J connectivity index is 4.60. The second-order valence-corrected chi connectivity index (χ2v) is 21.3. The number of aliphatic hydroxyl groups excluding tert-OH is 1. The number of esters is 3. The van der Waals surface area contributed by atoms with Crippen molar-refractivity contribution in [2.24, 2.45) is 0 Å². The number of phosphoric ester groups is 1. The van der Waals surface area contributed by atoms with E-state index in [0.717, 1.165) is 96.3 Å². The van der Waals surface area contributed by atoms with Crippen molar-refractivity contribution < 1.29 is 52.2 Å². The number of hydrogen-bond acceptors (Lipinski definition) is 10. The molecule has 0 bridgehead atoms. The van der Waals surface area contributed by atoms with Gasteiger partial charge in [0.1, 0.15) is 19.3 Å². The molecule has 0 rings (SSSR count). The zero-order chi connectivity index (χ0) is 51.3. The molecular formula is C58H109O11P. The minimum Gasteiger partial charge on any atom is -0.463 e. The Kier molecular flexibility index (Phi) is 51.7. The van der Waals surface area contributed by atoms with Crippen molar-refractivity contribution in [1.82, 2.24) is 0 Å². The van der Waals surface area contributed by atoms with Gasteiger partial charge in [-0.25, -0.2) is 4.57 Å². The van der Waals surface area contributed by atoms with Gasteiger partial charge in [0.25, 0.3) is 0 Å². The summed E-state index contributed by atoms with van der Waals surface area (Å²) in [5.41, 5.74) is 0. The third-order valence-corrected chi connectivity index (χ3v) is 13.7. The highest BCUT2D eigenvalue weighted by molar-refractivity contribution is 7.47.